The van der Waals surface area contributed by atoms with Crippen molar-refractivity contribution in [1.82, 2.24) is 0 Å². The molecule has 2 N–H and O–H groups in total. The molecule has 6 nitrogen and oxygen atoms in total. The highest BCUT2D eigenvalue weighted by Crippen LogP contribution is 2.42. The molecular weight excluding hydrogens is 398 g/mol. The van der Waals surface area contributed by atoms with E-state index in [-0.39, 0.29) is 46.7 Å². The Morgan fingerprint density at radius 2 is 2.04 bits per heavy atom. The van der Waals surface area contributed by atoms with E-state index in [1.807, 2.05) is 12.2 Å². The molecule has 0 radical (unpaired) electrons. The average molecular weight is 436 g/mol. The largest absolute Gasteiger partial charge is 0.480 e. The number of hydrogen-bond donors (Lipinski definition) is 2. The van der Waals surface area contributed by atoms with Gasteiger partial charge in [0.1, 0.15) is 6.61 Å². The Balaban J connectivity index is 1.89. The molecule has 2 rings (SSSR count). The molecule has 2 unspecified atom stereocenters. The van der Waals surface area contributed by atoms with Crippen molar-refractivity contribution in [3.63, 3.8) is 0 Å². The molecule has 2 aliphatic rings. The van der Waals surface area contributed by atoms with E-state index in [1.54, 1.807) is 0 Å². The minimum Gasteiger partial charge on any atom is -0.480 e. The number of allylic oxidation sites excluding steroid dienone is 1. The summed E-state index contributed by atoms with van der Waals surface area (Å²) >= 11 is 0. The zero-order chi connectivity index (χ0) is 21.1. The van der Waals surface area contributed by atoms with Crippen LogP contribution in [0.3, 0.4) is 0 Å². The second kappa shape index (κ2) is 13.3. The van der Waals surface area contributed by atoms with Crippen LogP contribution in [0.1, 0.15) is 57.8 Å². The first-order chi connectivity index (χ1) is 14.1. The number of hydrogen-bond acceptors (Lipinski definition) is 5. The summed E-state index contributed by atoms with van der Waals surface area (Å²) in [5.41, 5.74) is 0. The van der Waals surface area contributed by atoms with Gasteiger partial charge in [-0.05, 0) is 49.9 Å². The van der Waals surface area contributed by atoms with Crippen molar-refractivity contribution in [2.45, 2.75) is 76.1 Å². The van der Waals surface area contributed by atoms with E-state index in [9.17, 15) is 9.90 Å². The van der Waals surface area contributed by atoms with Gasteiger partial charge < -0.3 is 24.0 Å². The average Bonchev–Trinajstić information content (AvgIpc) is 3.00. The van der Waals surface area contributed by atoms with Crippen molar-refractivity contribution in [1.29, 1.82) is 1.28 Å². The fraction of sp³-hybridized carbons (Fsp3) is 0.850. The van der Waals surface area contributed by atoms with Gasteiger partial charge in [0.25, 0.3) is 0 Å². The Morgan fingerprint density at radius 1 is 1.25 bits per heavy atom. The summed E-state index contributed by atoms with van der Waals surface area (Å²) in [4.78, 5) is 10.5. The Labute approximate surface area is 174 Å². The maximum absolute atomic E-state index is 10.6. The monoisotopic (exact) mass is 436 g/mol. The molecule has 2 fully saturated rings. The summed E-state index contributed by atoms with van der Waals surface area (Å²) in [6, 6.07) is 0. The molecule has 2 saturated carbocycles. The summed E-state index contributed by atoms with van der Waals surface area (Å²) in [5.74, 6) is -0.110. The third-order valence-corrected chi connectivity index (χ3v) is 6.95. The van der Waals surface area contributed by atoms with Crippen molar-refractivity contribution in [3.8, 4) is 0 Å². The predicted octanol–water partition coefficient (Wildman–Crippen LogP) is 3.74. The maximum Gasteiger partial charge on any atom is 0.329 e. The summed E-state index contributed by atoms with van der Waals surface area (Å²) in [5, 5.41) is 19.2. The number of aliphatic hydroxyl groups excluding tert-OH is 1. The SMILES string of the molecule is [3H]PO[C@@H]1C[C@H](O)[C@H](C/C=C\COCC(=O)O)[C@H]1CC[C@@H](OP)C1CCCCC1. The van der Waals surface area contributed by atoms with Gasteiger partial charge in [-0.15, -0.1) is 0 Å². The lowest BCUT2D eigenvalue weighted by molar-refractivity contribution is -0.141. The van der Waals surface area contributed by atoms with Gasteiger partial charge in [-0.2, -0.15) is 0 Å². The normalized spacial score (nSPS) is 31.0. The van der Waals surface area contributed by atoms with Crippen molar-refractivity contribution in [2.75, 3.05) is 13.2 Å². The lowest BCUT2D eigenvalue weighted by atomic mass is 9.80. The molecule has 162 valence electrons. The Hall–Kier alpha value is -0.0900. The van der Waals surface area contributed by atoms with Crippen molar-refractivity contribution in [2.24, 2.45) is 17.8 Å². The summed E-state index contributed by atoms with van der Waals surface area (Å²) in [6.45, 7) is -0.0601. The second-order valence-corrected chi connectivity index (χ2v) is 8.56. The van der Waals surface area contributed by atoms with Gasteiger partial charge in [0, 0.05) is 25.3 Å². The van der Waals surface area contributed by atoms with Crippen LogP contribution in [0, 0.1) is 17.8 Å². The number of aliphatic hydroxyl groups is 1. The quantitative estimate of drug-likeness (QED) is 0.260. The minimum atomic E-state index is -0.982. The Kier molecular flexibility index (Phi) is 10.7. The van der Waals surface area contributed by atoms with Crippen LogP contribution in [0.4, 0.5) is 0 Å². The van der Waals surface area contributed by atoms with Crippen LogP contribution in [0.2, 0.25) is 0 Å². The van der Waals surface area contributed by atoms with Crippen LogP contribution in [0.25, 0.3) is 0 Å². The molecule has 0 aliphatic heterocycles. The van der Waals surface area contributed by atoms with Crippen molar-refractivity contribution >= 4 is 24.8 Å². The second-order valence-electron chi connectivity index (χ2n) is 8.05. The highest BCUT2D eigenvalue weighted by molar-refractivity contribution is 7.10. The number of ether oxygens (including phenoxy) is 1. The third kappa shape index (κ3) is 7.63. The zero-order valence-electron chi connectivity index (χ0n) is 17.5. The Morgan fingerprint density at radius 3 is 2.71 bits per heavy atom. The van der Waals surface area contributed by atoms with Crippen LogP contribution in [0.5, 0.6) is 0 Å². The molecule has 0 aromatic carbocycles. The van der Waals surface area contributed by atoms with E-state index in [4.69, 9.17) is 20.2 Å². The number of carboxylic acids is 1. The summed E-state index contributed by atoms with van der Waals surface area (Å²) < 4.78 is 23.9. The van der Waals surface area contributed by atoms with E-state index in [2.05, 4.69) is 9.47 Å². The van der Waals surface area contributed by atoms with E-state index in [1.165, 1.54) is 32.1 Å². The van der Waals surface area contributed by atoms with Crippen molar-refractivity contribution in [3.05, 3.63) is 12.2 Å². The lowest BCUT2D eigenvalue weighted by Gasteiger charge is -2.31. The van der Waals surface area contributed by atoms with Gasteiger partial charge in [-0.3, -0.25) is 0 Å². The predicted molar refractivity (Wildman–Crippen MR) is 115 cm³/mol. The fourth-order valence-corrected chi connectivity index (χ4v) is 5.46. The molecular formula is C20H36O6P2. The number of carbonyl (C=O) groups is 1. The fourth-order valence-electron chi connectivity index (χ4n) is 4.83. The van der Waals surface area contributed by atoms with Gasteiger partial charge in [-0.25, -0.2) is 4.79 Å². The van der Waals surface area contributed by atoms with E-state index < -0.39 is 12.1 Å². The lowest BCUT2D eigenvalue weighted by Crippen LogP contribution is -2.27. The van der Waals surface area contributed by atoms with Gasteiger partial charge in [0.15, 0.2) is 0 Å². The Bertz CT molecular complexity index is 503. The maximum atomic E-state index is 10.6. The molecule has 7 atom stereocenters. The number of aliphatic carboxylic acids is 1. The molecule has 0 amide bonds. The zero-order valence-corrected chi connectivity index (χ0v) is 18.7. The van der Waals surface area contributed by atoms with Crippen LogP contribution >= 0.6 is 18.9 Å². The van der Waals surface area contributed by atoms with Crippen LogP contribution < -0.4 is 0 Å². The van der Waals surface area contributed by atoms with Gasteiger partial charge >= 0.3 is 5.97 Å². The van der Waals surface area contributed by atoms with Gasteiger partial charge in [0.05, 0.1) is 26.2 Å². The number of carboxylic acid groups (broad SMARTS) is 1. The molecule has 28 heavy (non-hydrogen) atoms. The molecule has 0 bridgehead atoms. The first-order valence-electron chi connectivity index (χ1n) is 10.9. The molecule has 8 heteroatoms. The third-order valence-electron chi connectivity index (χ3n) is 6.30. The van der Waals surface area contributed by atoms with Crippen LogP contribution in [0.15, 0.2) is 12.2 Å². The molecule has 0 aromatic rings. The topological polar surface area (TPSA) is 85.2 Å². The summed E-state index contributed by atoms with van der Waals surface area (Å²) in [7, 11) is 2.11. The van der Waals surface area contributed by atoms with E-state index in [0.29, 0.717) is 18.8 Å². The van der Waals surface area contributed by atoms with Crippen LogP contribution in [-0.4, -0.2) is 49.0 Å². The van der Waals surface area contributed by atoms with E-state index >= 15 is 0 Å². The molecule has 0 spiro atoms. The smallest absolute Gasteiger partial charge is 0.329 e. The standard InChI is InChI=1S/C20H36O6P2/c21-17-12-19(26-28)16(15(17)8-4-5-11-24-13-20(22)23)9-10-18(25-27)14-6-2-1-3-7-14/h4-5,14-19,21H,1-3,6-13,27-28H2,(H,22,23)/b5-4-/t15-,16-,17+,18-,19-/m1/s1/i28T/t15-,16-,17+,18-,19-,28?. The van der Waals surface area contributed by atoms with Crippen LogP contribution in [-0.2, 0) is 18.6 Å². The molecule has 2 aliphatic carbocycles. The minimum absolute atomic E-state index is 0.0728. The van der Waals surface area contributed by atoms with Gasteiger partial charge in [0.2, 0.25) is 0 Å². The first kappa shape index (κ1) is 22.6. The number of rotatable bonds is 13. The molecule has 0 heterocycles. The van der Waals surface area contributed by atoms with E-state index in [0.717, 1.165) is 12.8 Å². The van der Waals surface area contributed by atoms with Crippen molar-refractivity contribution < 1.29 is 28.8 Å². The van der Waals surface area contributed by atoms with Gasteiger partial charge in [-0.1, -0.05) is 31.4 Å². The summed E-state index contributed by atoms with van der Waals surface area (Å²) in [6.07, 6.45) is 12.9. The first-order valence-corrected chi connectivity index (χ1v) is 11.2. The molecule has 0 aromatic heterocycles. The molecule has 0 saturated heterocycles. The highest BCUT2D eigenvalue weighted by Gasteiger charge is 2.42. The highest BCUT2D eigenvalue weighted by atomic mass is 31.0.